The molecule has 0 aliphatic carbocycles. The van der Waals surface area contributed by atoms with E-state index < -0.39 is 0 Å². The fourth-order valence-electron chi connectivity index (χ4n) is 1.56. The van der Waals surface area contributed by atoms with Crippen LogP contribution in [0.15, 0.2) is 27.6 Å². The molecule has 0 radical (unpaired) electrons. The van der Waals surface area contributed by atoms with E-state index in [0.29, 0.717) is 11.3 Å². The molecule has 5 nitrogen and oxygen atoms in total. The molecule has 1 aromatic carbocycles. The highest BCUT2D eigenvalue weighted by molar-refractivity contribution is 8.00. The maximum atomic E-state index is 7.38. The standard InChI is InChI=1S/C12H14N4OS/c1-7-12(8(2)17-15-7)18-16-11-5-3-4-10(14)9(11)6-13/h3-6,13,16H,14H2,1-2H3. The first kappa shape index (κ1) is 12.5. The molecule has 94 valence electrons. The molecule has 0 amide bonds. The molecular weight excluding hydrogens is 248 g/mol. The van der Waals surface area contributed by atoms with Gasteiger partial charge >= 0.3 is 0 Å². The van der Waals surface area contributed by atoms with Crippen LogP contribution in [-0.2, 0) is 0 Å². The van der Waals surface area contributed by atoms with E-state index in [1.807, 2.05) is 26.0 Å². The Bertz CT molecular complexity index is 560. The van der Waals surface area contributed by atoms with Gasteiger partial charge in [-0.2, -0.15) is 0 Å². The molecule has 0 atom stereocenters. The number of benzene rings is 1. The van der Waals surface area contributed by atoms with Crippen molar-refractivity contribution in [2.45, 2.75) is 18.7 Å². The quantitative estimate of drug-likeness (QED) is 0.448. The van der Waals surface area contributed by atoms with Gasteiger partial charge in [0.25, 0.3) is 0 Å². The van der Waals surface area contributed by atoms with Crippen LogP contribution in [0.3, 0.4) is 0 Å². The van der Waals surface area contributed by atoms with Gasteiger partial charge in [-0.15, -0.1) is 0 Å². The van der Waals surface area contributed by atoms with Gasteiger partial charge in [0.15, 0.2) is 0 Å². The normalized spacial score (nSPS) is 10.3. The summed E-state index contributed by atoms with van der Waals surface area (Å²) in [6.07, 6.45) is 1.24. The van der Waals surface area contributed by atoms with E-state index >= 15 is 0 Å². The Hall–Kier alpha value is -1.95. The molecule has 6 heteroatoms. The third kappa shape index (κ3) is 2.33. The highest BCUT2D eigenvalue weighted by atomic mass is 32.2. The van der Waals surface area contributed by atoms with Gasteiger partial charge in [-0.05, 0) is 37.9 Å². The maximum absolute atomic E-state index is 7.38. The summed E-state index contributed by atoms with van der Waals surface area (Å²) in [6, 6.07) is 5.49. The fraction of sp³-hybridized carbons (Fsp3) is 0.167. The van der Waals surface area contributed by atoms with Crippen molar-refractivity contribution >= 4 is 29.5 Å². The number of rotatable bonds is 4. The second-order valence-corrected chi connectivity index (χ2v) is 4.63. The smallest absolute Gasteiger partial charge is 0.149 e. The van der Waals surface area contributed by atoms with Crippen LogP contribution in [-0.4, -0.2) is 11.4 Å². The van der Waals surface area contributed by atoms with E-state index in [0.717, 1.165) is 22.0 Å². The van der Waals surface area contributed by atoms with Crippen molar-refractivity contribution in [3.05, 3.63) is 35.2 Å². The lowest BCUT2D eigenvalue weighted by Crippen LogP contribution is -1.98. The van der Waals surface area contributed by atoms with Gasteiger partial charge in [0.05, 0.1) is 16.3 Å². The van der Waals surface area contributed by atoms with Crippen molar-refractivity contribution in [2.75, 3.05) is 10.5 Å². The minimum atomic E-state index is 0.578. The lowest BCUT2D eigenvalue weighted by Gasteiger charge is -2.09. The minimum Gasteiger partial charge on any atom is -0.398 e. The number of nitrogen functional groups attached to an aromatic ring is 1. The monoisotopic (exact) mass is 262 g/mol. The first-order valence-corrected chi connectivity index (χ1v) is 6.20. The molecule has 0 saturated heterocycles. The summed E-state index contributed by atoms with van der Waals surface area (Å²) in [5.74, 6) is 0.769. The van der Waals surface area contributed by atoms with Crippen LogP contribution in [0.1, 0.15) is 17.0 Å². The van der Waals surface area contributed by atoms with E-state index in [9.17, 15) is 0 Å². The second-order valence-electron chi connectivity index (χ2n) is 3.81. The number of hydrogen-bond donors (Lipinski definition) is 3. The van der Waals surface area contributed by atoms with E-state index in [1.54, 1.807) is 6.07 Å². The van der Waals surface area contributed by atoms with Crippen molar-refractivity contribution in [1.29, 1.82) is 5.41 Å². The molecule has 0 unspecified atom stereocenters. The van der Waals surface area contributed by atoms with Gasteiger partial charge in [0.1, 0.15) is 5.76 Å². The first-order chi connectivity index (χ1) is 8.63. The Kier molecular flexibility index (Phi) is 3.57. The minimum absolute atomic E-state index is 0.578. The molecule has 0 aliphatic heterocycles. The predicted molar refractivity (Wildman–Crippen MR) is 74.2 cm³/mol. The molecule has 0 saturated carbocycles. The third-order valence-corrected chi connectivity index (χ3v) is 3.62. The van der Waals surface area contributed by atoms with Crippen LogP contribution in [0.5, 0.6) is 0 Å². The third-order valence-electron chi connectivity index (χ3n) is 2.52. The average Bonchev–Trinajstić information content (AvgIpc) is 2.67. The highest BCUT2D eigenvalue weighted by Gasteiger charge is 2.11. The summed E-state index contributed by atoms with van der Waals surface area (Å²) in [4.78, 5) is 0.952. The van der Waals surface area contributed by atoms with Crippen molar-refractivity contribution in [3.8, 4) is 0 Å². The zero-order valence-corrected chi connectivity index (χ0v) is 11.0. The fourth-order valence-corrected chi connectivity index (χ4v) is 2.32. The largest absolute Gasteiger partial charge is 0.398 e. The van der Waals surface area contributed by atoms with Gasteiger partial charge < -0.3 is 20.4 Å². The topological polar surface area (TPSA) is 87.9 Å². The molecule has 4 N–H and O–H groups in total. The zero-order valence-electron chi connectivity index (χ0n) is 10.2. The van der Waals surface area contributed by atoms with Crippen molar-refractivity contribution in [2.24, 2.45) is 0 Å². The van der Waals surface area contributed by atoms with Gasteiger partial charge in [-0.25, -0.2) is 0 Å². The number of nitrogens with zero attached hydrogens (tertiary/aromatic N) is 1. The van der Waals surface area contributed by atoms with E-state index in [-0.39, 0.29) is 0 Å². The first-order valence-electron chi connectivity index (χ1n) is 5.38. The Balaban J connectivity index is 2.21. The van der Waals surface area contributed by atoms with Crippen LogP contribution in [0.25, 0.3) is 0 Å². The van der Waals surface area contributed by atoms with Crippen LogP contribution in [0, 0.1) is 19.3 Å². The summed E-state index contributed by atoms with van der Waals surface area (Å²) < 4.78 is 8.26. The van der Waals surface area contributed by atoms with Crippen molar-refractivity contribution in [1.82, 2.24) is 5.16 Å². The second kappa shape index (κ2) is 5.14. The maximum Gasteiger partial charge on any atom is 0.149 e. The Morgan fingerprint density at radius 1 is 1.44 bits per heavy atom. The van der Waals surface area contributed by atoms with Gasteiger partial charge in [0.2, 0.25) is 0 Å². The SMILES string of the molecule is Cc1noc(C)c1SNc1cccc(N)c1C=N. The number of aromatic nitrogens is 1. The number of aryl methyl sites for hydroxylation is 2. The van der Waals surface area contributed by atoms with Crippen LogP contribution in [0.2, 0.25) is 0 Å². The lowest BCUT2D eigenvalue weighted by molar-refractivity contribution is 0.391. The van der Waals surface area contributed by atoms with E-state index in [4.69, 9.17) is 15.7 Å². The average molecular weight is 262 g/mol. The van der Waals surface area contributed by atoms with E-state index in [2.05, 4.69) is 9.88 Å². The number of hydrogen-bond acceptors (Lipinski definition) is 6. The molecule has 2 rings (SSSR count). The number of nitrogens with one attached hydrogen (secondary N) is 2. The molecule has 2 aromatic rings. The molecule has 0 spiro atoms. The Labute approximate surface area is 109 Å². The van der Waals surface area contributed by atoms with E-state index in [1.165, 1.54) is 18.2 Å². The van der Waals surface area contributed by atoms with Crippen molar-refractivity contribution in [3.63, 3.8) is 0 Å². The summed E-state index contributed by atoms with van der Waals surface area (Å²) in [5.41, 5.74) is 8.70. The molecule has 0 bridgehead atoms. The molecule has 18 heavy (non-hydrogen) atoms. The van der Waals surface area contributed by atoms with Crippen LogP contribution in [0.4, 0.5) is 11.4 Å². The van der Waals surface area contributed by atoms with Crippen molar-refractivity contribution < 1.29 is 4.52 Å². The lowest BCUT2D eigenvalue weighted by atomic mass is 10.1. The predicted octanol–water partition coefficient (Wildman–Crippen LogP) is 2.99. The van der Waals surface area contributed by atoms with Gasteiger partial charge in [-0.3, -0.25) is 0 Å². The summed E-state index contributed by atoms with van der Waals surface area (Å²) >= 11 is 1.41. The van der Waals surface area contributed by atoms with Crippen LogP contribution < -0.4 is 10.5 Å². The highest BCUT2D eigenvalue weighted by Crippen LogP contribution is 2.29. The molecule has 1 heterocycles. The Morgan fingerprint density at radius 3 is 2.83 bits per heavy atom. The van der Waals surface area contributed by atoms with Gasteiger partial charge in [-0.1, -0.05) is 11.2 Å². The molecular formula is C12H14N4OS. The van der Waals surface area contributed by atoms with Gasteiger partial charge in [0, 0.05) is 17.5 Å². The molecule has 0 fully saturated rings. The molecule has 1 aromatic heterocycles. The summed E-state index contributed by atoms with van der Waals surface area (Å²) in [5, 5.41) is 11.3. The summed E-state index contributed by atoms with van der Waals surface area (Å²) in [7, 11) is 0. The Morgan fingerprint density at radius 2 is 2.22 bits per heavy atom. The number of anilines is 2. The summed E-state index contributed by atoms with van der Waals surface area (Å²) in [6.45, 7) is 3.75. The molecule has 0 aliphatic rings. The van der Waals surface area contributed by atoms with Crippen LogP contribution >= 0.6 is 11.9 Å². The zero-order chi connectivity index (χ0) is 13.1. The number of nitrogens with two attached hydrogens (primary N) is 1.